The number of nitrogens with zero attached hydrogens (tertiary/aromatic N) is 4. The van der Waals surface area contributed by atoms with Crippen molar-refractivity contribution < 1.29 is 9.47 Å². The van der Waals surface area contributed by atoms with Gasteiger partial charge in [0.2, 0.25) is 4.80 Å². The largest absolute Gasteiger partial charge is 0.497 e. The normalized spacial score (nSPS) is 11.8. The topological polar surface area (TPSA) is 61.0 Å². The number of pyridine rings is 1. The van der Waals surface area contributed by atoms with E-state index in [-0.39, 0.29) is 0 Å². The highest BCUT2D eigenvalue weighted by Crippen LogP contribution is 2.33. The van der Waals surface area contributed by atoms with Gasteiger partial charge in [0.15, 0.2) is 0 Å². The van der Waals surface area contributed by atoms with Crippen LogP contribution >= 0.6 is 11.3 Å². The Kier molecular flexibility index (Phi) is 6.39. The first kappa shape index (κ1) is 19.6. The lowest BCUT2D eigenvalue weighted by molar-refractivity contribution is 0.404. The fourth-order valence-corrected chi connectivity index (χ4v) is 3.32. The molecule has 0 bridgehead atoms. The minimum absolute atomic E-state index is 0.536. The molecule has 6 nitrogen and oxygen atoms in total. The van der Waals surface area contributed by atoms with Crippen molar-refractivity contribution in [3.05, 3.63) is 70.6 Å². The lowest BCUT2D eigenvalue weighted by Gasteiger charge is -2.11. The molecule has 28 heavy (non-hydrogen) atoms. The van der Waals surface area contributed by atoms with Gasteiger partial charge in [0, 0.05) is 17.1 Å². The second-order valence-electron chi connectivity index (χ2n) is 6.05. The first-order valence-electron chi connectivity index (χ1n) is 8.65. The predicted octanol–water partition coefficient (Wildman–Crippen LogP) is 3.99. The Balaban J connectivity index is 2.15. The third kappa shape index (κ3) is 4.55. The maximum absolute atomic E-state index is 5.55. The number of hydrogen-bond donors (Lipinski definition) is 0. The molecule has 1 aromatic carbocycles. The summed E-state index contributed by atoms with van der Waals surface area (Å²) in [6, 6.07) is 11.4. The Labute approximate surface area is 168 Å². The number of rotatable bonds is 7. The first-order chi connectivity index (χ1) is 13.6. The van der Waals surface area contributed by atoms with Crippen molar-refractivity contribution in [3.8, 4) is 22.8 Å². The summed E-state index contributed by atoms with van der Waals surface area (Å²) in [4.78, 5) is 9.69. The fraction of sp³-hybridized carbons (Fsp3) is 0.190. The summed E-state index contributed by atoms with van der Waals surface area (Å²) in [5.41, 5.74) is 3.46. The second kappa shape index (κ2) is 9.14. The van der Waals surface area contributed by atoms with Gasteiger partial charge in [-0.3, -0.25) is 9.98 Å². The van der Waals surface area contributed by atoms with E-state index in [0.717, 1.165) is 38.8 Å². The van der Waals surface area contributed by atoms with Gasteiger partial charge in [-0.25, -0.2) is 4.68 Å². The summed E-state index contributed by atoms with van der Waals surface area (Å²) < 4.78 is 12.7. The molecule has 0 N–H and O–H groups in total. The van der Waals surface area contributed by atoms with Crippen LogP contribution in [0.3, 0.4) is 0 Å². The van der Waals surface area contributed by atoms with Crippen LogP contribution in [0.15, 0.2) is 70.2 Å². The average molecular weight is 395 g/mol. The van der Waals surface area contributed by atoms with Crippen molar-refractivity contribution in [1.82, 2.24) is 9.66 Å². The van der Waals surface area contributed by atoms with E-state index < -0.39 is 0 Å². The van der Waals surface area contributed by atoms with Gasteiger partial charge in [0.05, 0.1) is 38.4 Å². The lowest BCUT2D eigenvalue weighted by Crippen LogP contribution is -2.13. The zero-order valence-corrected chi connectivity index (χ0v) is 16.9. The molecule has 3 rings (SSSR count). The highest BCUT2D eigenvalue weighted by molar-refractivity contribution is 7.07. The maximum atomic E-state index is 5.55. The molecular weight excluding hydrogens is 372 g/mol. The van der Waals surface area contributed by atoms with Crippen LogP contribution in [-0.2, 0) is 0 Å². The van der Waals surface area contributed by atoms with Crippen LogP contribution in [0.1, 0.15) is 12.6 Å². The van der Waals surface area contributed by atoms with E-state index in [4.69, 9.17) is 9.47 Å². The molecule has 0 fully saturated rings. The van der Waals surface area contributed by atoms with Gasteiger partial charge in [0.25, 0.3) is 0 Å². The standard InChI is InChI=1S/C21H22N4O2S/c1-15(2)12-23-21-25(24-13-16-7-5-6-10-22-16)19(14-28-21)18-11-17(26-3)8-9-20(18)27-4/h5-11,13-14H,1,12H2,2-4H3. The van der Waals surface area contributed by atoms with E-state index in [0.29, 0.717) is 6.54 Å². The molecule has 0 unspecified atom stereocenters. The average Bonchev–Trinajstić information content (AvgIpc) is 3.13. The zero-order chi connectivity index (χ0) is 19.9. The predicted molar refractivity (Wildman–Crippen MR) is 113 cm³/mol. The van der Waals surface area contributed by atoms with Crippen LogP contribution in [0, 0.1) is 0 Å². The molecule has 0 aliphatic rings. The van der Waals surface area contributed by atoms with Gasteiger partial charge in [-0.1, -0.05) is 18.2 Å². The van der Waals surface area contributed by atoms with Crippen LogP contribution in [0.5, 0.6) is 11.5 Å². The van der Waals surface area contributed by atoms with Crippen molar-refractivity contribution >= 4 is 17.6 Å². The van der Waals surface area contributed by atoms with Crippen LogP contribution < -0.4 is 14.3 Å². The molecule has 7 heteroatoms. The van der Waals surface area contributed by atoms with Gasteiger partial charge >= 0.3 is 0 Å². The summed E-state index contributed by atoms with van der Waals surface area (Å²) in [7, 11) is 3.28. The van der Waals surface area contributed by atoms with Crippen molar-refractivity contribution in [2.45, 2.75) is 6.92 Å². The highest BCUT2D eigenvalue weighted by Gasteiger charge is 2.14. The van der Waals surface area contributed by atoms with Gasteiger partial charge in [-0.2, -0.15) is 5.10 Å². The molecule has 3 aromatic rings. The lowest BCUT2D eigenvalue weighted by atomic mass is 10.1. The smallest absolute Gasteiger partial charge is 0.206 e. The van der Waals surface area contributed by atoms with E-state index in [1.165, 1.54) is 11.3 Å². The molecule has 2 heterocycles. The van der Waals surface area contributed by atoms with E-state index in [2.05, 4.69) is 21.7 Å². The molecule has 144 valence electrons. The van der Waals surface area contributed by atoms with Gasteiger partial charge in [-0.05, 0) is 37.3 Å². The summed E-state index contributed by atoms with van der Waals surface area (Å²) in [5, 5.41) is 6.65. The molecule has 2 aromatic heterocycles. The van der Waals surface area contributed by atoms with Crippen LogP contribution in [0.25, 0.3) is 11.3 Å². The molecule has 0 amide bonds. The van der Waals surface area contributed by atoms with Crippen molar-refractivity contribution in [1.29, 1.82) is 0 Å². The molecule has 0 radical (unpaired) electrons. The van der Waals surface area contributed by atoms with Crippen LogP contribution in [0.4, 0.5) is 0 Å². The number of benzene rings is 1. The quantitative estimate of drug-likeness (QED) is 0.450. The molecule has 0 saturated heterocycles. The third-order valence-corrected chi connectivity index (χ3v) is 4.70. The molecule has 0 spiro atoms. The molecule has 0 atom stereocenters. The number of hydrogen-bond acceptors (Lipinski definition) is 6. The Morgan fingerprint density at radius 1 is 1.25 bits per heavy atom. The molecule has 0 aliphatic heterocycles. The third-order valence-electron chi connectivity index (χ3n) is 3.85. The summed E-state index contributed by atoms with van der Waals surface area (Å²) >= 11 is 1.51. The van der Waals surface area contributed by atoms with E-state index in [1.54, 1.807) is 31.3 Å². The maximum Gasteiger partial charge on any atom is 0.206 e. The minimum Gasteiger partial charge on any atom is -0.497 e. The Hall–Kier alpha value is -3.19. The van der Waals surface area contributed by atoms with Gasteiger partial charge in [0.1, 0.15) is 11.5 Å². The summed E-state index contributed by atoms with van der Waals surface area (Å²) in [5.74, 6) is 1.47. The highest BCUT2D eigenvalue weighted by atomic mass is 32.1. The van der Waals surface area contributed by atoms with Gasteiger partial charge < -0.3 is 9.47 Å². The number of aromatic nitrogens is 2. The Morgan fingerprint density at radius 2 is 2.11 bits per heavy atom. The van der Waals surface area contributed by atoms with E-state index >= 15 is 0 Å². The number of methoxy groups -OCH3 is 2. The van der Waals surface area contributed by atoms with Crippen molar-refractivity contribution in [2.24, 2.45) is 10.1 Å². The van der Waals surface area contributed by atoms with Crippen molar-refractivity contribution in [3.63, 3.8) is 0 Å². The van der Waals surface area contributed by atoms with E-state index in [9.17, 15) is 0 Å². The summed E-state index contributed by atoms with van der Waals surface area (Å²) in [6.45, 7) is 6.41. The SMILES string of the molecule is C=C(C)CN=c1scc(-c2cc(OC)ccc2OC)n1N=Cc1ccccn1. The van der Waals surface area contributed by atoms with Crippen LogP contribution in [-0.4, -0.2) is 36.6 Å². The Morgan fingerprint density at radius 3 is 2.79 bits per heavy atom. The molecule has 0 saturated carbocycles. The fourth-order valence-electron chi connectivity index (χ4n) is 2.49. The van der Waals surface area contributed by atoms with E-state index in [1.807, 2.05) is 48.7 Å². The molecule has 0 aliphatic carbocycles. The zero-order valence-electron chi connectivity index (χ0n) is 16.1. The number of thiazole rings is 1. The van der Waals surface area contributed by atoms with Crippen LogP contribution in [0.2, 0.25) is 0 Å². The number of ether oxygens (including phenoxy) is 2. The first-order valence-corrected chi connectivity index (χ1v) is 9.53. The van der Waals surface area contributed by atoms with Gasteiger partial charge in [-0.15, -0.1) is 11.3 Å². The second-order valence-corrected chi connectivity index (χ2v) is 6.89. The van der Waals surface area contributed by atoms with Crippen molar-refractivity contribution in [2.75, 3.05) is 20.8 Å². The molecular formula is C21H22N4O2S. The monoisotopic (exact) mass is 394 g/mol. The minimum atomic E-state index is 0.536. The summed E-state index contributed by atoms with van der Waals surface area (Å²) in [6.07, 6.45) is 3.45. The Bertz CT molecular complexity index is 1050.